The van der Waals surface area contributed by atoms with Gasteiger partial charge in [0, 0.05) is 6.07 Å². The fourth-order valence-corrected chi connectivity index (χ4v) is 3.39. The predicted molar refractivity (Wildman–Crippen MR) is 93.8 cm³/mol. The third-order valence-electron chi connectivity index (χ3n) is 2.90. The minimum absolute atomic E-state index is 0.279. The summed E-state index contributed by atoms with van der Waals surface area (Å²) < 4.78 is 17.3. The number of benzene rings is 2. The summed E-state index contributed by atoms with van der Waals surface area (Å²) in [6, 6.07) is 8.67. The number of aromatic nitrogens is 2. The molecule has 0 fully saturated rings. The second-order valence-electron chi connectivity index (χ2n) is 4.12. The Kier molecular flexibility index (Phi) is 3.91. The Hall–Kier alpha value is -0.440. The Bertz CT molecular complexity index is 890. The number of aromatic amines is 1. The van der Waals surface area contributed by atoms with Crippen LogP contribution in [0.3, 0.4) is 0 Å². The second-order valence-corrected chi connectivity index (χ2v) is 6.87. The van der Waals surface area contributed by atoms with Crippen LogP contribution in [-0.2, 0) is 0 Å². The molecule has 0 aliphatic heterocycles. The number of H-pyrrole nitrogens is 1. The zero-order valence-electron chi connectivity index (χ0n) is 9.75. The summed E-state index contributed by atoms with van der Waals surface area (Å²) in [5, 5.41) is 0.574. The van der Waals surface area contributed by atoms with Crippen LogP contribution in [0.4, 0.5) is 4.39 Å². The summed E-state index contributed by atoms with van der Waals surface area (Å²) in [6.07, 6.45) is 0. The molecule has 7 heteroatoms. The van der Waals surface area contributed by atoms with Crippen molar-refractivity contribution >= 4 is 73.4 Å². The predicted octanol–water partition coefficient (Wildman–Crippen LogP) is 5.85. The molecule has 2 nitrogen and oxygen atoms in total. The van der Waals surface area contributed by atoms with Gasteiger partial charge in [0.1, 0.15) is 5.82 Å². The zero-order chi connectivity index (χ0) is 14.4. The van der Waals surface area contributed by atoms with Crippen LogP contribution in [0.2, 0.25) is 5.02 Å². The SMILES string of the molecule is Fc1cc2c(cc1I)[nH]c(=S)n2-c1cccc(Cl)c1Br. The summed E-state index contributed by atoms with van der Waals surface area (Å²) in [5.41, 5.74) is 2.23. The van der Waals surface area contributed by atoms with Crippen LogP contribution >= 0.6 is 62.3 Å². The molecule has 102 valence electrons. The first-order valence-electron chi connectivity index (χ1n) is 5.53. The molecule has 0 atom stereocenters. The molecule has 2 aromatic carbocycles. The molecular formula is C13H6BrClFIN2S. The Balaban J connectivity index is 2.42. The van der Waals surface area contributed by atoms with Crippen LogP contribution in [0.1, 0.15) is 0 Å². The Morgan fingerprint density at radius 2 is 2.10 bits per heavy atom. The standard InChI is InChI=1S/C13H6BrClFIN2S/c14-12-6(15)2-1-3-10(12)19-11-4-7(16)8(17)5-9(11)18-13(19)20/h1-5H,(H,18,20). The van der Waals surface area contributed by atoms with Crippen molar-refractivity contribution in [3.63, 3.8) is 0 Å². The molecule has 20 heavy (non-hydrogen) atoms. The highest BCUT2D eigenvalue weighted by molar-refractivity contribution is 14.1. The van der Waals surface area contributed by atoms with E-state index in [2.05, 4.69) is 20.9 Å². The topological polar surface area (TPSA) is 20.7 Å². The van der Waals surface area contributed by atoms with E-state index in [0.29, 0.717) is 18.9 Å². The summed E-state index contributed by atoms with van der Waals surface area (Å²) >= 11 is 16.9. The van der Waals surface area contributed by atoms with Crippen LogP contribution < -0.4 is 0 Å². The van der Waals surface area contributed by atoms with Crippen molar-refractivity contribution < 1.29 is 4.39 Å². The average Bonchev–Trinajstić information content (AvgIpc) is 2.69. The first-order valence-corrected chi connectivity index (χ1v) is 8.19. The number of fused-ring (bicyclic) bond motifs is 1. The van der Waals surface area contributed by atoms with Gasteiger partial charge in [-0.05, 0) is 68.9 Å². The maximum atomic E-state index is 13.8. The van der Waals surface area contributed by atoms with Crippen LogP contribution in [0.5, 0.6) is 0 Å². The molecule has 1 heterocycles. The fraction of sp³-hybridized carbons (Fsp3) is 0. The zero-order valence-corrected chi connectivity index (χ0v) is 15.1. The average molecular weight is 484 g/mol. The molecular weight excluding hydrogens is 477 g/mol. The lowest BCUT2D eigenvalue weighted by atomic mass is 10.2. The molecule has 3 rings (SSSR count). The van der Waals surface area contributed by atoms with Gasteiger partial charge >= 0.3 is 0 Å². The van der Waals surface area contributed by atoms with Gasteiger partial charge in [-0.2, -0.15) is 0 Å². The van der Waals surface area contributed by atoms with Crippen LogP contribution in [0, 0.1) is 14.2 Å². The molecule has 3 aromatic rings. The van der Waals surface area contributed by atoms with Gasteiger partial charge < -0.3 is 4.98 Å². The van der Waals surface area contributed by atoms with Gasteiger partial charge in [-0.15, -0.1) is 0 Å². The van der Waals surface area contributed by atoms with Crippen LogP contribution in [-0.4, -0.2) is 9.55 Å². The minimum Gasteiger partial charge on any atom is -0.330 e. The highest BCUT2D eigenvalue weighted by Gasteiger charge is 2.13. The van der Waals surface area contributed by atoms with Crippen molar-refractivity contribution in [2.75, 3.05) is 0 Å². The number of hydrogen-bond donors (Lipinski definition) is 1. The molecule has 0 amide bonds. The molecule has 0 saturated carbocycles. The fourth-order valence-electron chi connectivity index (χ4n) is 2.01. The third kappa shape index (κ3) is 2.32. The van der Waals surface area contributed by atoms with Crippen molar-refractivity contribution in [1.29, 1.82) is 0 Å². The normalized spacial score (nSPS) is 11.2. The lowest BCUT2D eigenvalue weighted by Gasteiger charge is -2.08. The summed E-state index contributed by atoms with van der Waals surface area (Å²) in [7, 11) is 0. The molecule has 0 aliphatic rings. The number of nitrogens with one attached hydrogen (secondary N) is 1. The van der Waals surface area contributed by atoms with Crippen molar-refractivity contribution in [3.8, 4) is 5.69 Å². The van der Waals surface area contributed by atoms with Gasteiger partial charge in [0.2, 0.25) is 0 Å². The molecule has 0 spiro atoms. The van der Waals surface area contributed by atoms with Gasteiger partial charge in [-0.25, -0.2) is 4.39 Å². The molecule has 0 aliphatic carbocycles. The highest BCUT2D eigenvalue weighted by Crippen LogP contribution is 2.32. The van der Waals surface area contributed by atoms with E-state index in [1.54, 1.807) is 16.7 Å². The van der Waals surface area contributed by atoms with E-state index in [1.807, 2.05) is 34.7 Å². The summed E-state index contributed by atoms with van der Waals surface area (Å²) in [4.78, 5) is 3.08. The highest BCUT2D eigenvalue weighted by atomic mass is 127. The van der Waals surface area contributed by atoms with Gasteiger partial charge in [0.15, 0.2) is 4.77 Å². The smallest absolute Gasteiger partial charge is 0.182 e. The number of imidazole rings is 1. The monoisotopic (exact) mass is 482 g/mol. The maximum Gasteiger partial charge on any atom is 0.182 e. The molecule has 0 bridgehead atoms. The van der Waals surface area contributed by atoms with Gasteiger partial charge in [0.25, 0.3) is 0 Å². The molecule has 0 unspecified atom stereocenters. The number of hydrogen-bond acceptors (Lipinski definition) is 1. The van der Waals surface area contributed by atoms with E-state index in [-0.39, 0.29) is 5.82 Å². The van der Waals surface area contributed by atoms with Gasteiger partial charge in [0.05, 0.1) is 29.8 Å². The maximum absolute atomic E-state index is 13.8. The van der Waals surface area contributed by atoms with Crippen molar-refractivity contribution in [1.82, 2.24) is 9.55 Å². The Morgan fingerprint density at radius 1 is 1.35 bits per heavy atom. The first kappa shape index (κ1) is 14.5. The quantitative estimate of drug-likeness (QED) is 0.340. The van der Waals surface area contributed by atoms with E-state index >= 15 is 0 Å². The largest absolute Gasteiger partial charge is 0.330 e. The van der Waals surface area contributed by atoms with Crippen LogP contribution in [0.25, 0.3) is 16.7 Å². The summed E-state index contributed by atoms with van der Waals surface area (Å²) in [6.45, 7) is 0. The first-order chi connectivity index (χ1) is 9.49. The van der Waals surface area contributed by atoms with E-state index in [0.717, 1.165) is 15.7 Å². The molecule has 0 radical (unpaired) electrons. The minimum atomic E-state index is -0.279. The lowest BCUT2D eigenvalue weighted by molar-refractivity contribution is 0.622. The number of nitrogens with zero attached hydrogens (tertiary/aromatic N) is 1. The van der Waals surface area contributed by atoms with Gasteiger partial charge in [-0.3, -0.25) is 4.57 Å². The van der Waals surface area contributed by atoms with E-state index in [9.17, 15) is 4.39 Å². The van der Waals surface area contributed by atoms with E-state index in [1.165, 1.54) is 6.07 Å². The van der Waals surface area contributed by atoms with Crippen molar-refractivity contribution in [2.45, 2.75) is 0 Å². The number of halogens is 4. The Labute approximate surface area is 146 Å². The Morgan fingerprint density at radius 3 is 2.85 bits per heavy atom. The van der Waals surface area contributed by atoms with Crippen molar-refractivity contribution in [2.24, 2.45) is 0 Å². The lowest BCUT2D eigenvalue weighted by Crippen LogP contribution is -1.96. The number of rotatable bonds is 1. The molecule has 0 saturated heterocycles. The third-order valence-corrected chi connectivity index (χ3v) is 5.38. The van der Waals surface area contributed by atoms with Crippen molar-refractivity contribution in [3.05, 3.63) is 54.0 Å². The van der Waals surface area contributed by atoms with E-state index < -0.39 is 0 Å². The summed E-state index contributed by atoms with van der Waals surface area (Å²) in [5.74, 6) is -0.279. The van der Waals surface area contributed by atoms with Gasteiger partial charge in [-0.1, -0.05) is 17.7 Å². The van der Waals surface area contributed by atoms with Crippen LogP contribution in [0.15, 0.2) is 34.8 Å². The molecule has 1 aromatic heterocycles. The molecule has 1 N–H and O–H groups in total. The second kappa shape index (κ2) is 5.40. The van der Waals surface area contributed by atoms with E-state index in [4.69, 9.17) is 23.8 Å².